The number of carbonyl (C=O) groups is 1. The highest BCUT2D eigenvalue weighted by Crippen LogP contribution is 2.32. The summed E-state index contributed by atoms with van der Waals surface area (Å²) in [5, 5.41) is 3.15. The Labute approximate surface area is 163 Å². The first-order valence-corrected chi connectivity index (χ1v) is 8.51. The molecule has 1 N–H and O–H groups in total. The van der Waals surface area contributed by atoms with E-state index in [9.17, 15) is 18.0 Å². The molecule has 2 aromatic carbocycles. The lowest BCUT2D eigenvalue weighted by atomic mass is 10.1. The normalized spacial score (nSPS) is 11.1. The summed E-state index contributed by atoms with van der Waals surface area (Å²) in [6.45, 7) is -1.48. The molecule has 0 saturated heterocycles. The van der Waals surface area contributed by atoms with E-state index in [4.69, 9.17) is 16.3 Å². The van der Waals surface area contributed by atoms with Crippen molar-refractivity contribution in [3.05, 3.63) is 77.4 Å². The van der Waals surface area contributed by atoms with Gasteiger partial charge in [-0.3, -0.25) is 4.79 Å². The largest absolute Gasteiger partial charge is 0.468 e. The third kappa shape index (κ3) is 5.23. The zero-order valence-corrected chi connectivity index (χ0v) is 15.1. The second-order valence-corrected chi connectivity index (χ2v) is 6.24. The molecule has 3 rings (SSSR count). The number of hydrogen-bond acceptors (Lipinski definition) is 3. The first kappa shape index (κ1) is 19.7. The lowest BCUT2D eigenvalue weighted by molar-refractivity contribution is -0.154. The van der Waals surface area contributed by atoms with Crippen LogP contribution in [0.15, 0.2) is 66.9 Å². The number of alkyl halides is 3. The molecule has 0 saturated carbocycles. The lowest BCUT2D eigenvalue weighted by Gasteiger charge is -2.14. The predicted molar refractivity (Wildman–Crippen MR) is 101 cm³/mol. The number of aromatic nitrogens is 1. The summed E-state index contributed by atoms with van der Waals surface area (Å²) < 4.78 is 42.5. The van der Waals surface area contributed by atoms with Crippen molar-refractivity contribution in [3.63, 3.8) is 0 Å². The average molecular weight is 407 g/mol. The van der Waals surface area contributed by atoms with Gasteiger partial charge in [0, 0.05) is 16.1 Å². The van der Waals surface area contributed by atoms with Crippen molar-refractivity contribution in [2.75, 3.05) is 11.9 Å². The Bertz CT molecular complexity index is 961. The van der Waals surface area contributed by atoms with E-state index >= 15 is 0 Å². The van der Waals surface area contributed by atoms with Gasteiger partial charge < -0.3 is 10.1 Å². The summed E-state index contributed by atoms with van der Waals surface area (Å²) in [5.74, 6) is -0.564. The van der Waals surface area contributed by atoms with Gasteiger partial charge in [-0.25, -0.2) is 4.98 Å². The van der Waals surface area contributed by atoms with Crippen molar-refractivity contribution >= 4 is 23.2 Å². The molecule has 1 aromatic heterocycles. The molecule has 0 atom stereocenters. The summed E-state index contributed by atoms with van der Waals surface area (Å²) >= 11 is 5.88. The number of amides is 1. The van der Waals surface area contributed by atoms with Gasteiger partial charge >= 0.3 is 6.18 Å². The molecule has 0 aliphatic heterocycles. The van der Waals surface area contributed by atoms with E-state index in [1.807, 2.05) is 0 Å². The van der Waals surface area contributed by atoms with Crippen molar-refractivity contribution in [1.29, 1.82) is 0 Å². The zero-order chi connectivity index (χ0) is 20.1. The molecule has 144 valence electrons. The Morgan fingerprint density at radius 2 is 1.75 bits per heavy atom. The summed E-state index contributed by atoms with van der Waals surface area (Å²) in [4.78, 5) is 16.3. The highest BCUT2D eigenvalue weighted by atomic mass is 35.5. The number of nitrogens with one attached hydrogen (secondary N) is 1. The van der Waals surface area contributed by atoms with E-state index in [1.54, 1.807) is 54.6 Å². The molecule has 3 aromatic rings. The number of pyridine rings is 1. The number of ether oxygens (including phenoxy) is 1. The minimum absolute atomic E-state index is 0.197. The van der Waals surface area contributed by atoms with Crippen molar-refractivity contribution < 1.29 is 22.7 Å². The molecule has 4 nitrogen and oxygen atoms in total. The molecule has 8 heteroatoms. The minimum atomic E-state index is -4.50. The van der Waals surface area contributed by atoms with Gasteiger partial charge in [-0.05, 0) is 35.9 Å². The molecule has 28 heavy (non-hydrogen) atoms. The van der Waals surface area contributed by atoms with Crippen LogP contribution in [0.2, 0.25) is 5.02 Å². The van der Waals surface area contributed by atoms with Crippen LogP contribution < -0.4 is 10.1 Å². The first-order chi connectivity index (χ1) is 13.3. The Morgan fingerprint density at radius 3 is 2.39 bits per heavy atom. The van der Waals surface area contributed by atoms with E-state index in [1.165, 1.54) is 12.3 Å². The maximum Gasteiger partial charge on any atom is 0.422 e. The van der Waals surface area contributed by atoms with E-state index in [-0.39, 0.29) is 11.8 Å². The number of benzene rings is 2. The van der Waals surface area contributed by atoms with Crippen LogP contribution in [0.1, 0.15) is 10.4 Å². The van der Waals surface area contributed by atoms with Crippen LogP contribution in [0.5, 0.6) is 5.88 Å². The van der Waals surface area contributed by atoms with Gasteiger partial charge in [0.1, 0.15) is 0 Å². The molecule has 0 aliphatic carbocycles. The average Bonchev–Trinajstić information content (AvgIpc) is 2.67. The van der Waals surface area contributed by atoms with Crippen LogP contribution >= 0.6 is 11.6 Å². The highest BCUT2D eigenvalue weighted by molar-refractivity contribution is 6.30. The van der Waals surface area contributed by atoms with Crippen LogP contribution in [-0.4, -0.2) is 23.7 Å². The Balaban J connectivity index is 1.91. The highest BCUT2D eigenvalue weighted by Gasteiger charge is 2.29. The van der Waals surface area contributed by atoms with E-state index in [0.29, 0.717) is 27.4 Å². The number of halogens is 4. The topological polar surface area (TPSA) is 51.2 Å². The van der Waals surface area contributed by atoms with Crippen LogP contribution in [0.4, 0.5) is 18.9 Å². The van der Waals surface area contributed by atoms with Crippen molar-refractivity contribution in [1.82, 2.24) is 4.98 Å². The molecular weight excluding hydrogens is 393 g/mol. The molecule has 0 aliphatic rings. The number of hydrogen-bond donors (Lipinski definition) is 1. The third-order valence-electron chi connectivity index (χ3n) is 3.67. The van der Waals surface area contributed by atoms with E-state index in [2.05, 4.69) is 10.3 Å². The van der Waals surface area contributed by atoms with Gasteiger partial charge in [-0.15, -0.1) is 0 Å². The molecule has 0 radical (unpaired) electrons. The minimum Gasteiger partial charge on any atom is -0.468 e. The number of nitrogens with zero attached hydrogens (tertiary/aromatic N) is 1. The van der Waals surface area contributed by atoms with Gasteiger partial charge in [0.25, 0.3) is 5.91 Å². The second kappa shape index (κ2) is 8.31. The number of carbonyl (C=O) groups excluding carboxylic acids is 1. The third-order valence-corrected chi connectivity index (χ3v) is 3.92. The fraction of sp³-hybridized carbons (Fsp3) is 0.100. The van der Waals surface area contributed by atoms with E-state index < -0.39 is 12.8 Å². The van der Waals surface area contributed by atoms with Crippen molar-refractivity contribution in [2.45, 2.75) is 6.18 Å². The quantitative estimate of drug-likeness (QED) is 0.600. The lowest BCUT2D eigenvalue weighted by Crippen LogP contribution is -2.20. The Kier molecular flexibility index (Phi) is 5.84. The van der Waals surface area contributed by atoms with Gasteiger partial charge in [-0.2, -0.15) is 13.2 Å². The summed E-state index contributed by atoms with van der Waals surface area (Å²) in [6.07, 6.45) is -3.26. The molecule has 0 spiro atoms. The maximum atomic E-state index is 12.5. The number of anilines is 1. The maximum absolute atomic E-state index is 12.5. The Morgan fingerprint density at radius 1 is 1.07 bits per heavy atom. The predicted octanol–water partition coefficient (Wildman–Crippen LogP) is 5.60. The van der Waals surface area contributed by atoms with Gasteiger partial charge in [0.05, 0.1) is 11.9 Å². The molecular formula is C20H14ClF3N2O2. The fourth-order valence-corrected chi connectivity index (χ4v) is 2.54. The zero-order valence-electron chi connectivity index (χ0n) is 14.3. The van der Waals surface area contributed by atoms with Crippen LogP contribution in [-0.2, 0) is 0 Å². The summed E-state index contributed by atoms with van der Waals surface area (Å²) in [7, 11) is 0. The SMILES string of the molecule is O=C(Nc1cnc(OCC(F)(F)F)c(-c2ccc(Cl)cc2)c1)c1ccccc1. The van der Waals surface area contributed by atoms with Crippen LogP contribution in [0, 0.1) is 0 Å². The molecule has 0 bridgehead atoms. The van der Waals surface area contributed by atoms with Gasteiger partial charge in [-0.1, -0.05) is 41.9 Å². The van der Waals surface area contributed by atoms with Gasteiger partial charge in [0.15, 0.2) is 6.61 Å². The Hall–Kier alpha value is -3.06. The summed E-state index contributed by atoms with van der Waals surface area (Å²) in [6, 6.07) is 16.5. The van der Waals surface area contributed by atoms with Crippen LogP contribution in [0.25, 0.3) is 11.1 Å². The standard InChI is InChI=1S/C20H14ClF3N2O2/c21-15-8-6-13(7-9-15)17-10-16(11-25-19(17)28-12-20(22,23)24)26-18(27)14-4-2-1-3-5-14/h1-11H,12H2,(H,26,27). The van der Waals surface area contributed by atoms with Crippen molar-refractivity contribution in [2.24, 2.45) is 0 Å². The fourth-order valence-electron chi connectivity index (χ4n) is 2.41. The van der Waals surface area contributed by atoms with E-state index in [0.717, 1.165) is 0 Å². The number of rotatable bonds is 5. The smallest absolute Gasteiger partial charge is 0.422 e. The van der Waals surface area contributed by atoms with Crippen molar-refractivity contribution in [3.8, 4) is 17.0 Å². The summed E-state index contributed by atoms with van der Waals surface area (Å²) in [5.41, 5.74) is 1.60. The molecule has 0 unspecified atom stereocenters. The molecule has 0 fully saturated rings. The van der Waals surface area contributed by atoms with Gasteiger partial charge in [0.2, 0.25) is 5.88 Å². The molecule has 1 amide bonds. The van der Waals surface area contributed by atoms with Crippen LogP contribution in [0.3, 0.4) is 0 Å². The second-order valence-electron chi connectivity index (χ2n) is 5.81. The monoisotopic (exact) mass is 406 g/mol. The first-order valence-electron chi connectivity index (χ1n) is 8.14. The molecule has 1 heterocycles.